The zero-order valence-electron chi connectivity index (χ0n) is 9.03. The van der Waals surface area contributed by atoms with Crippen molar-refractivity contribution >= 4 is 17.8 Å². The summed E-state index contributed by atoms with van der Waals surface area (Å²) in [6, 6.07) is 0. The van der Waals surface area contributed by atoms with Gasteiger partial charge in [0.05, 0.1) is 0 Å². The number of fused-ring (bicyclic) bond motifs is 2. The smallest absolute Gasteiger partial charge is 0.288 e. The van der Waals surface area contributed by atoms with E-state index in [1.165, 1.54) is 25.7 Å². The summed E-state index contributed by atoms with van der Waals surface area (Å²) in [5.41, 5.74) is 0. The van der Waals surface area contributed by atoms with Crippen LogP contribution < -0.4 is 10.6 Å². The van der Waals surface area contributed by atoms with Crippen LogP contribution in [-0.2, 0) is 9.59 Å². The van der Waals surface area contributed by atoms with Gasteiger partial charge in [-0.3, -0.25) is 25.2 Å². The summed E-state index contributed by atoms with van der Waals surface area (Å²) in [5, 5.41) is 4.84. The minimum Gasteiger partial charge on any atom is -0.288 e. The normalized spacial score (nSPS) is 36.5. The van der Waals surface area contributed by atoms with Crippen LogP contribution in [-0.4, -0.2) is 24.3 Å². The molecule has 3 fully saturated rings. The number of amides is 2. The Balaban J connectivity index is 1.59. The molecule has 5 heteroatoms. The van der Waals surface area contributed by atoms with Gasteiger partial charge in [-0.25, -0.2) is 0 Å². The Morgan fingerprint density at radius 1 is 1.12 bits per heavy atom. The van der Waals surface area contributed by atoms with Crippen LogP contribution in [0.2, 0.25) is 0 Å². The molecule has 3 atom stereocenters. The van der Waals surface area contributed by atoms with Gasteiger partial charge in [-0.15, -0.1) is 0 Å². The van der Waals surface area contributed by atoms with E-state index in [1.807, 2.05) is 0 Å². The molecule has 0 aromatic carbocycles. The van der Waals surface area contributed by atoms with Crippen LogP contribution in [0.15, 0.2) is 4.99 Å². The molecule has 1 heterocycles. The number of hydrogen-bond donors (Lipinski definition) is 2. The Hall–Kier alpha value is -1.39. The Bertz CT molecular complexity index is 359. The van der Waals surface area contributed by atoms with E-state index in [2.05, 4.69) is 15.6 Å². The third-order valence-corrected chi connectivity index (χ3v) is 4.04. The molecule has 0 aromatic rings. The second kappa shape index (κ2) is 3.57. The maximum Gasteiger partial charge on any atom is 0.316 e. The fraction of sp³-hybridized carbons (Fsp3) is 0.727. The summed E-state index contributed by atoms with van der Waals surface area (Å²) in [5.74, 6) is 1.50. The number of carbonyl (C=O) groups is 2. The van der Waals surface area contributed by atoms with E-state index >= 15 is 0 Å². The number of guanidine groups is 1. The molecule has 3 aliphatic rings. The molecule has 3 rings (SSSR count). The second-order valence-electron chi connectivity index (χ2n) is 5.03. The SMILES string of the molecule is O=C1NC(=NCC2CC3CCC2C3)NC1=O. The standard InChI is InChI=1S/C11H15N3O2/c15-9-10(16)14-11(13-9)12-5-8-4-6-1-2-7(8)3-6/h6-8H,1-5H2,(H2,12,13,14,15,16). The molecule has 2 saturated carbocycles. The monoisotopic (exact) mass is 221 g/mol. The Morgan fingerprint density at radius 2 is 1.88 bits per heavy atom. The van der Waals surface area contributed by atoms with Gasteiger partial charge in [0.25, 0.3) is 0 Å². The molecule has 0 radical (unpaired) electrons. The average Bonchev–Trinajstić information content (AvgIpc) is 2.92. The summed E-state index contributed by atoms with van der Waals surface area (Å²) in [6.07, 6.45) is 5.34. The average molecular weight is 221 g/mol. The third-order valence-electron chi connectivity index (χ3n) is 4.04. The molecule has 2 bridgehead atoms. The van der Waals surface area contributed by atoms with Crippen molar-refractivity contribution in [2.45, 2.75) is 25.7 Å². The van der Waals surface area contributed by atoms with E-state index in [9.17, 15) is 9.59 Å². The highest BCUT2D eigenvalue weighted by atomic mass is 16.2. The Morgan fingerprint density at radius 3 is 2.44 bits per heavy atom. The van der Waals surface area contributed by atoms with E-state index in [-0.39, 0.29) is 0 Å². The largest absolute Gasteiger partial charge is 0.316 e. The Labute approximate surface area is 93.7 Å². The van der Waals surface area contributed by atoms with Gasteiger partial charge in [0.1, 0.15) is 0 Å². The maximum atomic E-state index is 10.9. The zero-order valence-corrected chi connectivity index (χ0v) is 9.03. The van der Waals surface area contributed by atoms with Crippen LogP contribution >= 0.6 is 0 Å². The number of carbonyl (C=O) groups excluding carboxylic acids is 2. The minimum atomic E-state index is -0.605. The summed E-state index contributed by atoms with van der Waals surface area (Å²) in [4.78, 5) is 26.1. The number of nitrogens with zero attached hydrogens (tertiary/aromatic N) is 1. The highest BCUT2D eigenvalue weighted by Crippen LogP contribution is 2.48. The van der Waals surface area contributed by atoms with Crippen molar-refractivity contribution in [2.75, 3.05) is 6.54 Å². The van der Waals surface area contributed by atoms with Crippen molar-refractivity contribution in [3.63, 3.8) is 0 Å². The van der Waals surface area contributed by atoms with Gasteiger partial charge in [-0.05, 0) is 37.0 Å². The molecule has 16 heavy (non-hydrogen) atoms. The molecule has 0 aromatic heterocycles. The zero-order chi connectivity index (χ0) is 11.1. The molecular weight excluding hydrogens is 206 g/mol. The van der Waals surface area contributed by atoms with Gasteiger partial charge in [-0.2, -0.15) is 0 Å². The minimum absolute atomic E-state index is 0.331. The topological polar surface area (TPSA) is 70.6 Å². The molecular formula is C11H15N3O2. The van der Waals surface area contributed by atoms with Gasteiger partial charge in [0.2, 0.25) is 5.96 Å². The molecule has 1 saturated heterocycles. The van der Waals surface area contributed by atoms with Crippen molar-refractivity contribution in [1.82, 2.24) is 10.6 Å². The van der Waals surface area contributed by atoms with Crippen molar-refractivity contribution in [1.29, 1.82) is 0 Å². The molecule has 5 nitrogen and oxygen atoms in total. The number of hydrogen-bond acceptors (Lipinski definition) is 3. The van der Waals surface area contributed by atoms with Gasteiger partial charge < -0.3 is 0 Å². The molecule has 1 aliphatic heterocycles. The van der Waals surface area contributed by atoms with Crippen LogP contribution in [0.5, 0.6) is 0 Å². The first-order chi connectivity index (χ1) is 7.72. The first-order valence-corrected chi connectivity index (χ1v) is 5.89. The molecule has 0 spiro atoms. The Kier molecular flexibility index (Phi) is 2.19. The quantitative estimate of drug-likeness (QED) is 0.645. The highest BCUT2D eigenvalue weighted by molar-refractivity contribution is 6.45. The summed E-state index contributed by atoms with van der Waals surface area (Å²) in [6.45, 7) is 0.733. The maximum absolute atomic E-state index is 10.9. The van der Waals surface area contributed by atoms with E-state index in [1.54, 1.807) is 0 Å². The third kappa shape index (κ3) is 1.60. The van der Waals surface area contributed by atoms with E-state index < -0.39 is 11.8 Å². The van der Waals surface area contributed by atoms with Crippen LogP contribution in [0.4, 0.5) is 0 Å². The van der Waals surface area contributed by atoms with Gasteiger partial charge >= 0.3 is 11.8 Å². The van der Waals surface area contributed by atoms with Crippen molar-refractivity contribution in [2.24, 2.45) is 22.7 Å². The first-order valence-electron chi connectivity index (χ1n) is 5.89. The van der Waals surface area contributed by atoms with Gasteiger partial charge in [0, 0.05) is 6.54 Å². The van der Waals surface area contributed by atoms with Crippen LogP contribution in [0, 0.1) is 17.8 Å². The fourth-order valence-corrected chi connectivity index (χ4v) is 3.25. The fourth-order valence-electron chi connectivity index (χ4n) is 3.25. The van der Waals surface area contributed by atoms with Gasteiger partial charge in [0.15, 0.2) is 0 Å². The van der Waals surface area contributed by atoms with Crippen molar-refractivity contribution < 1.29 is 9.59 Å². The number of rotatable bonds is 2. The predicted molar refractivity (Wildman–Crippen MR) is 57.5 cm³/mol. The van der Waals surface area contributed by atoms with Crippen LogP contribution in [0.25, 0.3) is 0 Å². The van der Waals surface area contributed by atoms with Crippen LogP contribution in [0.1, 0.15) is 25.7 Å². The van der Waals surface area contributed by atoms with E-state index in [0.29, 0.717) is 11.9 Å². The summed E-state index contributed by atoms with van der Waals surface area (Å²) < 4.78 is 0. The van der Waals surface area contributed by atoms with Crippen molar-refractivity contribution in [3.8, 4) is 0 Å². The van der Waals surface area contributed by atoms with Crippen molar-refractivity contribution in [3.05, 3.63) is 0 Å². The predicted octanol–water partition coefficient (Wildman–Crippen LogP) is 0.0246. The molecule has 2 amide bonds. The lowest BCUT2D eigenvalue weighted by Gasteiger charge is -2.19. The second-order valence-corrected chi connectivity index (χ2v) is 5.03. The molecule has 86 valence electrons. The number of aliphatic imine (C=N–C) groups is 1. The van der Waals surface area contributed by atoms with Crippen LogP contribution in [0.3, 0.4) is 0 Å². The van der Waals surface area contributed by atoms with Gasteiger partial charge in [-0.1, -0.05) is 6.42 Å². The molecule has 2 aliphatic carbocycles. The summed E-state index contributed by atoms with van der Waals surface area (Å²) >= 11 is 0. The highest BCUT2D eigenvalue weighted by Gasteiger charge is 2.39. The first kappa shape index (κ1) is 9.81. The lowest BCUT2D eigenvalue weighted by atomic mass is 9.89. The van der Waals surface area contributed by atoms with E-state index in [4.69, 9.17) is 0 Å². The molecule has 3 unspecified atom stereocenters. The lowest BCUT2D eigenvalue weighted by molar-refractivity contribution is -0.135. The number of nitrogens with one attached hydrogen (secondary N) is 2. The summed E-state index contributed by atoms with van der Waals surface area (Å²) in [7, 11) is 0. The molecule has 2 N–H and O–H groups in total. The lowest BCUT2D eigenvalue weighted by Crippen LogP contribution is -2.27. The van der Waals surface area contributed by atoms with E-state index in [0.717, 1.165) is 18.4 Å².